The first-order valence-corrected chi connectivity index (χ1v) is 23.5. The molecule has 0 bridgehead atoms. The monoisotopic (exact) mass is 797 g/mol. The van der Waals surface area contributed by atoms with Crippen LogP contribution in [0.2, 0.25) is 0 Å². The number of fused-ring (bicyclic) bond motifs is 16. The van der Waals surface area contributed by atoms with Gasteiger partial charge in [-0.3, -0.25) is 0 Å². The van der Waals surface area contributed by atoms with Crippen molar-refractivity contribution in [2.45, 2.75) is 81.5 Å². The topological polar surface area (TPSA) is 3.24 Å². The summed E-state index contributed by atoms with van der Waals surface area (Å²) < 4.78 is 0. The molecule has 0 aromatic heterocycles. The minimum atomic E-state index is -0.463. The molecule has 1 spiro atoms. The molecule has 2 fully saturated rings. The third-order valence-corrected chi connectivity index (χ3v) is 15.6. The Balaban J connectivity index is 1.04. The molecule has 0 heterocycles. The molecule has 1 nitrogen and oxygen atoms in total. The van der Waals surface area contributed by atoms with Crippen molar-refractivity contribution in [2.24, 2.45) is 0 Å². The van der Waals surface area contributed by atoms with Crippen molar-refractivity contribution in [3.8, 4) is 22.3 Å². The molecule has 13 rings (SSSR count). The number of benzene rings is 9. The van der Waals surface area contributed by atoms with Crippen LogP contribution in [-0.4, -0.2) is 0 Å². The fraction of sp³-hybridized carbons (Fsp3) is 0.213. The average molecular weight is 798 g/mol. The largest absolute Gasteiger partial charge is 0.310 e. The lowest BCUT2D eigenvalue weighted by atomic mass is 9.69. The van der Waals surface area contributed by atoms with E-state index < -0.39 is 5.41 Å². The van der Waals surface area contributed by atoms with Crippen LogP contribution in [0.4, 0.5) is 17.1 Å². The number of hydrogen-bond donors (Lipinski definition) is 0. The van der Waals surface area contributed by atoms with E-state index in [1.54, 1.807) is 0 Å². The molecule has 62 heavy (non-hydrogen) atoms. The van der Waals surface area contributed by atoms with Gasteiger partial charge in [-0.05, 0) is 174 Å². The van der Waals surface area contributed by atoms with Gasteiger partial charge in [0.15, 0.2) is 0 Å². The van der Waals surface area contributed by atoms with Gasteiger partial charge >= 0.3 is 0 Å². The first-order valence-electron chi connectivity index (χ1n) is 23.5. The van der Waals surface area contributed by atoms with Gasteiger partial charge < -0.3 is 4.90 Å². The lowest BCUT2D eigenvalue weighted by molar-refractivity contribution is 0.443. The first kappa shape index (κ1) is 36.2. The van der Waals surface area contributed by atoms with E-state index in [1.807, 2.05) is 0 Å². The lowest BCUT2D eigenvalue weighted by Gasteiger charge is -2.32. The van der Waals surface area contributed by atoms with Crippen molar-refractivity contribution in [3.05, 3.63) is 209 Å². The van der Waals surface area contributed by atoms with Gasteiger partial charge in [-0.15, -0.1) is 0 Å². The second-order valence-electron chi connectivity index (χ2n) is 18.8. The van der Waals surface area contributed by atoms with Crippen LogP contribution in [0.25, 0.3) is 54.6 Å². The summed E-state index contributed by atoms with van der Waals surface area (Å²) in [5.74, 6) is 1.36. The van der Waals surface area contributed by atoms with E-state index in [0.29, 0.717) is 11.8 Å². The minimum absolute atomic E-state index is 0.463. The van der Waals surface area contributed by atoms with E-state index >= 15 is 0 Å². The predicted molar refractivity (Wildman–Crippen MR) is 262 cm³/mol. The number of rotatable bonds is 5. The zero-order chi connectivity index (χ0) is 40.8. The normalized spacial score (nSPS) is 16.7. The SMILES string of the molecule is c1ccc2c(c1)-c1ccccc1C21c2cc3cc(N(c4ccc(C5CCCCC5)cc4)c4ccc(C5CCCCC5)cc4)ccc3cc2-c2c1c1ccccc1c1ccccc21. The minimum Gasteiger partial charge on any atom is -0.310 e. The molecular formula is C61H51N. The Morgan fingerprint density at radius 1 is 0.355 bits per heavy atom. The molecule has 0 unspecified atom stereocenters. The molecule has 0 amide bonds. The third kappa shape index (κ3) is 5.33. The Bertz CT molecular complexity index is 3090. The Morgan fingerprint density at radius 2 is 0.839 bits per heavy atom. The number of nitrogens with zero attached hydrogens (tertiary/aromatic N) is 1. The summed E-state index contributed by atoms with van der Waals surface area (Å²) in [5, 5.41) is 7.85. The van der Waals surface area contributed by atoms with Crippen LogP contribution in [0.3, 0.4) is 0 Å². The van der Waals surface area contributed by atoms with Crippen LogP contribution in [-0.2, 0) is 5.41 Å². The van der Waals surface area contributed by atoms with Crippen LogP contribution in [0, 0.1) is 0 Å². The molecule has 0 N–H and O–H groups in total. The van der Waals surface area contributed by atoms with Gasteiger partial charge in [0.25, 0.3) is 0 Å². The highest BCUT2D eigenvalue weighted by Gasteiger charge is 2.53. The Labute approximate surface area is 365 Å². The van der Waals surface area contributed by atoms with Crippen molar-refractivity contribution < 1.29 is 0 Å². The summed E-state index contributed by atoms with van der Waals surface area (Å²) in [4.78, 5) is 2.51. The summed E-state index contributed by atoms with van der Waals surface area (Å²) in [7, 11) is 0. The zero-order valence-corrected chi connectivity index (χ0v) is 35.4. The van der Waals surface area contributed by atoms with Crippen molar-refractivity contribution in [1.29, 1.82) is 0 Å². The highest BCUT2D eigenvalue weighted by atomic mass is 15.1. The highest BCUT2D eigenvalue weighted by molar-refractivity contribution is 6.20. The summed E-state index contributed by atoms with van der Waals surface area (Å²) in [6.45, 7) is 0. The van der Waals surface area contributed by atoms with Crippen LogP contribution < -0.4 is 4.90 Å². The summed E-state index contributed by atoms with van der Waals surface area (Å²) in [6.07, 6.45) is 13.4. The molecule has 4 aliphatic rings. The molecular weight excluding hydrogens is 747 g/mol. The van der Waals surface area contributed by atoms with E-state index in [0.717, 1.165) is 0 Å². The molecule has 0 radical (unpaired) electrons. The van der Waals surface area contributed by atoms with Gasteiger partial charge in [-0.2, -0.15) is 0 Å². The quantitative estimate of drug-likeness (QED) is 0.157. The Morgan fingerprint density at radius 3 is 1.42 bits per heavy atom. The molecule has 4 aliphatic carbocycles. The van der Waals surface area contributed by atoms with Crippen LogP contribution >= 0.6 is 0 Å². The van der Waals surface area contributed by atoms with E-state index in [4.69, 9.17) is 0 Å². The smallest absolute Gasteiger partial charge is 0.0731 e. The standard InChI is InChI=1S/C61H51N/c1-3-15-40(16-4-1)42-27-32-46(33-28-42)62(47-34-29-43(30-35-47)41-17-5-2-6-18-41)48-36-31-44-38-55-58(39-45(44)37-48)61(56-25-13-11-21-51(56)52-22-12-14-26-57(52)61)60-54-24-10-8-20-50(54)49-19-7-9-23-53(49)59(55)60/h7-14,19-41H,1-6,15-18H2. The van der Waals surface area contributed by atoms with Crippen LogP contribution in [0.1, 0.15) is 109 Å². The predicted octanol–water partition coefficient (Wildman–Crippen LogP) is 17.1. The fourth-order valence-corrected chi connectivity index (χ4v) is 12.8. The Kier molecular flexibility index (Phi) is 8.37. The van der Waals surface area contributed by atoms with Crippen molar-refractivity contribution >= 4 is 49.4 Å². The third-order valence-electron chi connectivity index (χ3n) is 15.6. The lowest BCUT2D eigenvalue weighted by Crippen LogP contribution is -2.26. The Hall–Kier alpha value is -6.44. The maximum Gasteiger partial charge on any atom is 0.0731 e. The second-order valence-corrected chi connectivity index (χ2v) is 18.8. The van der Waals surface area contributed by atoms with Gasteiger partial charge in [-0.25, -0.2) is 0 Å². The molecule has 0 atom stereocenters. The molecule has 9 aromatic carbocycles. The fourth-order valence-electron chi connectivity index (χ4n) is 12.8. The molecule has 300 valence electrons. The van der Waals surface area contributed by atoms with E-state index in [2.05, 4.69) is 181 Å². The van der Waals surface area contributed by atoms with Gasteiger partial charge in [0, 0.05) is 17.1 Å². The number of anilines is 3. The van der Waals surface area contributed by atoms with Crippen molar-refractivity contribution in [2.75, 3.05) is 4.90 Å². The molecule has 2 saturated carbocycles. The van der Waals surface area contributed by atoms with E-state index in [9.17, 15) is 0 Å². The van der Waals surface area contributed by atoms with Gasteiger partial charge in [0.1, 0.15) is 0 Å². The van der Waals surface area contributed by atoms with Gasteiger partial charge in [0.05, 0.1) is 5.41 Å². The molecule has 0 aliphatic heterocycles. The number of hydrogen-bond acceptors (Lipinski definition) is 1. The maximum atomic E-state index is 2.58. The zero-order valence-electron chi connectivity index (χ0n) is 35.4. The highest BCUT2D eigenvalue weighted by Crippen LogP contribution is 2.66. The second kappa shape index (κ2) is 14.3. The van der Waals surface area contributed by atoms with Crippen LogP contribution in [0.5, 0.6) is 0 Å². The summed E-state index contributed by atoms with van der Waals surface area (Å²) >= 11 is 0. The molecule has 1 heteroatoms. The van der Waals surface area contributed by atoms with Gasteiger partial charge in [-0.1, -0.05) is 166 Å². The van der Waals surface area contributed by atoms with Crippen molar-refractivity contribution in [3.63, 3.8) is 0 Å². The average Bonchev–Trinajstić information content (AvgIpc) is 3.82. The molecule has 9 aromatic rings. The van der Waals surface area contributed by atoms with E-state index in [1.165, 1.54) is 169 Å². The molecule has 0 saturated heterocycles. The van der Waals surface area contributed by atoms with Crippen LogP contribution in [0.15, 0.2) is 176 Å². The summed E-state index contributed by atoms with van der Waals surface area (Å²) in [6, 6.07) is 68.3. The van der Waals surface area contributed by atoms with Gasteiger partial charge in [0.2, 0.25) is 0 Å². The maximum absolute atomic E-state index is 2.58. The van der Waals surface area contributed by atoms with E-state index in [-0.39, 0.29) is 0 Å². The van der Waals surface area contributed by atoms with Crippen molar-refractivity contribution in [1.82, 2.24) is 0 Å². The first-order chi connectivity index (χ1) is 30.8. The summed E-state index contributed by atoms with van der Waals surface area (Å²) in [5.41, 5.74) is 17.2.